The first-order chi connectivity index (χ1) is 7.41. The molecule has 0 amide bonds. The van der Waals surface area contributed by atoms with Gasteiger partial charge in [0, 0.05) is 41.3 Å². The number of hydrogen-bond acceptors (Lipinski definition) is 4. The zero-order valence-corrected chi connectivity index (χ0v) is 11.8. The van der Waals surface area contributed by atoms with Crippen molar-refractivity contribution in [3.8, 4) is 0 Å². The van der Waals surface area contributed by atoms with Crippen LogP contribution in [0.4, 0.5) is 0 Å². The van der Waals surface area contributed by atoms with Gasteiger partial charge in [-0.15, -0.1) is 0 Å². The Morgan fingerprint density at radius 3 is 1.29 bits per heavy atom. The summed E-state index contributed by atoms with van der Waals surface area (Å²) in [6.07, 6.45) is 0.826. The van der Waals surface area contributed by atoms with Gasteiger partial charge in [0.1, 0.15) is 11.6 Å². The molecule has 101 valence electrons. The molecule has 0 rings (SSSR count). The van der Waals surface area contributed by atoms with Crippen molar-refractivity contribution in [2.75, 3.05) is 13.1 Å². The molecule has 4 nitrogen and oxygen atoms in total. The zero-order chi connectivity index (χ0) is 12.6. The number of hydrogen-bond donors (Lipinski definition) is 0. The molecule has 0 aliphatic heterocycles. The van der Waals surface area contributed by atoms with Crippen molar-refractivity contribution in [3.63, 3.8) is 0 Å². The maximum absolute atomic E-state index is 10.8. The number of rotatable bonds is 7. The first-order valence-electron chi connectivity index (χ1n) is 5.40. The third-order valence-corrected chi connectivity index (χ3v) is 1.87. The Morgan fingerprint density at radius 1 is 0.765 bits per heavy atom. The third kappa shape index (κ3) is 13.1. The van der Waals surface area contributed by atoms with Gasteiger partial charge in [-0.2, -0.15) is 0 Å². The fourth-order valence-electron chi connectivity index (χ4n) is 1.31. The molecule has 0 fully saturated rings. The van der Waals surface area contributed by atoms with Crippen molar-refractivity contribution in [3.05, 3.63) is 0 Å². The molecule has 0 aromatic heterocycles. The normalized spacial score (nSPS) is 12.0. The second kappa shape index (κ2) is 10.4. The second-order valence-corrected chi connectivity index (χ2v) is 3.99. The fourth-order valence-corrected chi connectivity index (χ4v) is 1.31. The smallest absolute Gasteiger partial charge is 0.135 e. The topological polar surface area (TPSA) is 58.9 Å². The van der Waals surface area contributed by atoms with E-state index < -0.39 is 0 Å². The minimum absolute atomic E-state index is 0. The Hall–Kier alpha value is -0.801. The van der Waals surface area contributed by atoms with Gasteiger partial charge in [0.05, 0.1) is 13.1 Å². The van der Waals surface area contributed by atoms with Crippen molar-refractivity contribution in [2.24, 2.45) is 9.98 Å². The Morgan fingerprint density at radius 2 is 1.06 bits per heavy atom. The molecule has 0 heterocycles. The van der Waals surface area contributed by atoms with Crippen LogP contribution in [0.15, 0.2) is 9.98 Å². The van der Waals surface area contributed by atoms with E-state index in [9.17, 15) is 9.59 Å². The quantitative estimate of drug-likeness (QED) is 0.408. The van der Waals surface area contributed by atoms with E-state index in [0.717, 1.165) is 11.4 Å². The van der Waals surface area contributed by atoms with Gasteiger partial charge in [0.25, 0.3) is 0 Å². The van der Waals surface area contributed by atoms with Gasteiger partial charge in [-0.3, -0.25) is 19.6 Å². The average Bonchev–Trinajstić information content (AvgIpc) is 2.10. The number of ketones is 2. The van der Waals surface area contributed by atoms with Gasteiger partial charge in [-0.05, 0) is 27.7 Å². The molecule has 0 bridgehead atoms. The molecule has 0 unspecified atom stereocenters. The van der Waals surface area contributed by atoms with Crippen LogP contribution in [0.2, 0.25) is 0 Å². The van der Waals surface area contributed by atoms with Crippen LogP contribution in [0.5, 0.6) is 0 Å². The van der Waals surface area contributed by atoms with E-state index in [2.05, 4.69) is 9.98 Å². The zero-order valence-electron chi connectivity index (χ0n) is 10.8. The molecule has 0 aromatic carbocycles. The minimum Gasteiger partial charge on any atom is -0.300 e. The van der Waals surface area contributed by atoms with Crippen molar-refractivity contribution in [2.45, 2.75) is 40.5 Å². The van der Waals surface area contributed by atoms with E-state index in [0.29, 0.717) is 25.9 Å². The summed E-state index contributed by atoms with van der Waals surface area (Å²) >= 11 is 0. The molecule has 0 saturated carbocycles. The van der Waals surface area contributed by atoms with Gasteiger partial charge in [-0.25, -0.2) is 0 Å². The number of carbonyl (C=O) groups is 2. The van der Waals surface area contributed by atoms with Crippen LogP contribution < -0.4 is 0 Å². The first-order valence-corrected chi connectivity index (χ1v) is 5.40. The molecule has 1 radical (unpaired) electrons. The first kappa shape index (κ1) is 18.6. The van der Waals surface area contributed by atoms with Crippen LogP contribution in [0.25, 0.3) is 0 Å². The number of nitrogens with zero attached hydrogens (tertiary/aromatic N) is 2. The standard InChI is InChI=1S/C12H20N2O2.Cu/c1-9(7-11(3)15)13-5-6-14-10(2)8-12(4)16;/h5-8H2,1-4H3;. The van der Waals surface area contributed by atoms with Crippen LogP contribution >= 0.6 is 0 Å². The molecule has 0 aromatic rings. The Bertz CT molecular complexity index is 290. The molecule has 0 aliphatic rings. The molecule has 0 aliphatic carbocycles. The molecule has 0 N–H and O–H groups in total. The number of carbonyl (C=O) groups excluding carboxylic acids is 2. The van der Waals surface area contributed by atoms with E-state index in [-0.39, 0.29) is 28.6 Å². The van der Waals surface area contributed by atoms with E-state index >= 15 is 0 Å². The minimum atomic E-state index is 0. The maximum atomic E-state index is 10.8. The summed E-state index contributed by atoms with van der Waals surface area (Å²) in [5.74, 6) is 0.245. The van der Waals surface area contributed by atoms with Crippen molar-refractivity contribution >= 4 is 23.0 Å². The second-order valence-electron chi connectivity index (χ2n) is 3.99. The largest absolute Gasteiger partial charge is 0.300 e. The summed E-state index contributed by atoms with van der Waals surface area (Å²) in [5, 5.41) is 0. The van der Waals surface area contributed by atoms with Crippen LogP contribution in [-0.4, -0.2) is 36.1 Å². The SMILES string of the molecule is CC(=O)CC(C)=NCCN=C(C)CC(C)=O.[Cu]. The summed E-state index contributed by atoms with van der Waals surface area (Å²) in [4.78, 5) is 30.0. The van der Waals surface area contributed by atoms with Gasteiger partial charge in [-0.1, -0.05) is 0 Å². The molecule has 0 atom stereocenters. The molecular formula is C12H20CuN2O2. The summed E-state index contributed by atoms with van der Waals surface area (Å²) < 4.78 is 0. The van der Waals surface area contributed by atoms with E-state index in [4.69, 9.17) is 0 Å². The van der Waals surface area contributed by atoms with Crippen LogP contribution in [-0.2, 0) is 26.7 Å². The molecular weight excluding hydrogens is 268 g/mol. The molecule has 0 saturated heterocycles. The monoisotopic (exact) mass is 287 g/mol. The Balaban J connectivity index is 0. The van der Waals surface area contributed by atoms with Crippen LogP contribution in [0.3, 0.4) is 0 Å². The maximum Gasteiger partial charge on any atom is 0.135 e. The summed E-state index contributed by atoms with van der Waals surface area (Å²) in [6, 6.07) is 0. The summed E-state index contributed by atoms with van der Waals surface area (Å²) in [7, 11) is 0. The van der Waals surface area contributed by atoms with Gasteiger partial charge in [0.15, 0.2) is 0 Å². The van der Waals surface area contributed by atoms with Crippen LogP contribution in [0, 0.1) is 0 Å². The third-order valence-electron chi connectivity index (χ3n) is 1.87. The van der Waals surface area contributed by atoms with Gasteiger partial charge in [0.2, 0.25) is 0 Å². The summed E-state index contributed by atoms with van der Waals surface area (Å²) in [5.41, 5.74) is 1.68. The van der Waals surface area contributed by atoms with Gasteiger partial charge >= 0.3 is 0 Å². The fraction of sp³-hybridized carbons (Fsp3) is 0.667. The summed E-state index contributed by atoms with van der Waals surface area (Å²) in [6.45, 7) is 7.94. The van der Waals surface area contributed by atoms with Crippen molar-refractivity contribution in [1.29, 1.82) is 0 Å². The molecule has 17 heavy (non-hydrogen) atoms. The predicted octanol–water partition coefficient (Wildman–Crippen LogP) is 1.86. The van der Waals surface area contributed by atoms with Crippen molar-refractivity contribution < 1.29 is 26.7 Å². The predicted molar refractivity (Wildman–Crippen MR) is 66.5 cm³/mol. The Labute approximate surface area is 113 Å². The molecule has 5 heteroatoms. The van der Waals surface area contributed by atoms with Crippen molar-refractivity contribution in [1.82, 2.24) is 0 Å². The average molecular weight is 288 g/mol. The molecule has 0 spiro atoms. The van der Waals surface area contributed by atoms with Crippen LogP contribution in [0.1, 0.15) is 40.5 Å². The van der Waals surface area contributed by atoms with E-state index in [1.807, 2.05) is 13.8 Å². The Kier molecular flexibility index (Phi) is 11.3. The van der Waals surface area contributed by atoms with E-state index in [1.165, 1.54) is 0 Å². The van der Waals surface area contributed by atoms with E-state index in [1.54, 1.807) is 13.8 Å². The number of aliphatic imine (C=N–C) groups is 2. The van der Waals surface area contributed by atoms with Gasteiger partial charge < -0.3 is 0 Å². The number of Topliss-reactive ketones (excluding diaryl/α,β-unsaturated/α-hetero) is 2.